The van der Waals surface area contributed by atoms with E-state index in [0.717, 1.165) is 11.1 Å². The van der Waals surface area contributed by atoms with E-state index in [-0.39, 0.29) is 12.4 Å². The van der Waals surface area contributed by atoms with Crippen molar-refractivity contribution in [1.29, 1.82) is 0 Å². The second-order valence-electron chi connectivity index (χ2n) is 5.24. The smallest absolute Gasteiger partial charge is 0.311 e. The second-order valence-corrected chi connectivity index (χ2v) is 6.08. The number of hydrogen-bond acceptors (Lipinski definition) is 4. The van der Waals surface area contributed by atoms with Crippen molar-refractivity contribution in [2.24, 2.45) is 9.98 Å². The molecule has 2 aromatic rings. The van der Waals surface area contributed by atoms with Crippen molar-refractivity contribution in [3.05, 3.63) is 63.6 Å². The van der Waals surface area contributed by atoms with E-state index in [1.807, 2.05) is 36.4 Å². The van der Waals surface area contributed by atoms with Crippen LogP contribution in [0, 0.1) is 0 Å². The molecule has 0 radical (unpaired) electrons. The summed E-state index contributed by atoms with van der Waals surface area (Å²) in [5.74, 6) is -0.347. The Kier molecular flexibility index (Phi) is 4.97. The maximum absolute atomic E-state index is 11.6. The van der Waals surface area contributed by atoms with Crippen molar-refractivity contribution in [2.45, 2.75) is 6.42 Å². The van der Waals surface area contributed by atoms with Crippen LogP contribution in [0.5, 0.6) is 0 Å². The average molecular weight is 361 g/mol. The van der Waals surface area contributed by atoms with Crippen LogP contribution in [0.1, 0.15) is 17.5 Å². The van der Waals surface area contributed by atoms with Crippen molar-refractivity contribution in [3.63, 3.8) is 0 Å². The highest BCUT2D eigenvalue weighted by Crippen LogP contribution is 2.30. The van der Waals surface area contributed by atoms with Gasteiger partial charge in [-0.1, -0.05) is 41.4 Å². The van der Waals surface area contributed by atoms with Crippen molar-refractivity contribution >= 4 is 46.3 Å². The number of benzene rings is 2. The number of esters is 1. The summed E-state index contributed by atoms with van der Waals surface area (Å²) >= 11 is 12.5. The highest BCUT2D eigenvalue weighted by atomic mass is 35.5. The Morgan fingerprint density at radius 3 is 2.71 bits per heavy atom. The Morgan fingerprint density at radius 2 is 1.96 bits per heavy atom. The summed E-state index contributed by atoms with van der Waals surface area (Å²) < 4.78 is 4.72. The third-order valence-electron chi connectivity index (χ3n) is 3.62. The quantitative estimate of drug-likeness (QED) is 0.757. The number of rotatable bonds is 3. The predicted octanol–water partition coefficient (Wildman–Crippen LogP) is 4.48. The fraction of sp³-hybridized carbons (Fsp3) is 0.167. The van der Waals surface area contributed by atoms with E-state index >= 15 is 0 Å². The maximum Gasteiger partial charge on any atom is 0.311 e. The molecule has 0 saturated carbocycles. The van der Waals surface area contributed by atoms with Crippen molar-refractivity contribution in [3.8, 4) is 0 Å². The van der Waals surface area contributed by atoms with Crippen LogP contribution in [-0.2, 0) is 9.53 Å². The molecule has 0 unspecified atom stereocenters. The molecule has 1 heterocycles. The van der Waals surface area contributed by atoms with Crippen molar-refractivity contribution in [1.82, 2.24) is 0 Å². The number of aliphatic imine (C=N–C) groups is 2. The van der Waals surface area contributed by atoms with E-state index in [9.17, 15) is 4.79 Å². The van der Waals surface area contributed by atoms with E-state index in [0.29, 0.717) is 33.7 Å². The molecule has 24 heavy (non-hydrogen) atoms. The minimum Gasteiger partial charge on any atom is -0.469 e. The molecule has 0 spiro atoms. The van der Waals surface area contributed by atoms with Crippen LogP contribution >= 0.6 is 23.2 Å². The fourth-order valence-corrected chi connectivity index (χ4v) is 2.87. The molecule has 3 rings (SSSR count). The average Bonchev–Trinajstić information content (AvgIpc) is 2.74. The SMILES string of the molecule is COC(=O)CC1=Nc2ccc(Cl)cc2C(c2ccccc2Cl)=NC1. The largest absolute Gasteiger partial charge is 0.469 e. The van der Waals surface area contributed by atoms with E-state index in [2.05, 4.69) is 9.98 Å². The van der Waals surface area contributed by atoms with Crippen LogP contribution in [0.15, 0.2) is 52.4 Å². The molecule has 0 atom stereocenters. The van der Waals surface area contributed by atoms with Gasteiger partial charge < -0.3 is 4.74 Å². The van der Waals surface area contributed by atoms with Gasteiger partial charge in [-0.05, 0) is 24.3 Å². The Hall–Kier alpha value is -2.17. The maximum atomic E-state index is 11.6. The zero-order valence-corrected chi connectivity index (χ0v) is 14.4. The summed E-state index contributed by atoms with van der Waals surface area (Å²) in [5.41, 5.74) is 3.64. The van der Waals surface area contributed by atoms with Gasteiger partial charge in [-0.3, -0.25) is 14.8 Å². The lowest BCUT2D eigenvalue weighted by atomic mass is 10.0. The molecule has 6 heteroatoms. The monoisotopic (exact) mass is 360 g/mol. The normalized spacial score (nSPS) is 13.5. The number of hydrogen-bond donors (Lipinski definition) is 0. The van der Waals surface area contributed by atoms with Gasteiger partial charge in [0.2, 0.25) is 0 Å². The lowest BCUT2D eigenvalue weighted by molar-refractivity contribution is -0.139. The first-order valence-corrected chi connectivity index (χ1v) is 8.06. The van der Waals surface area contributed by atoms with Crippen molar-refractivity contribution in [2.75, 3.05) is 13.7 Å². The molecular weight excluding hydrogens is 347 g/mol. The molecule has 1 aliphatic heterocycles. The number of carbonyl (C=O) groups excluding carboxylic acids is 1. The molecular formula is C18H14Cl2N2O2. The zero-order chi connectivity index (χ0) is 17.1. The van der Waals surface area contributed by atoms with Gasteiger partial charge >= 0.3 is 5.97 Å². The molecule has 0 saturated heterocycles. The molecule has 1 aliphatic rings. The number of halogens is 2. The molecule has 4 nitrogen and oxygen atoms in total. The first-order valence-electron chi connectivity index (χ1n) is 7.31. The Labute approximate surface area is 149 Å². The van der Waals surface area contributed by atoms with Gasteiger partial charge in [-0.2, -0.15) is 0 Å². The standard InChI is InChI=1S/C18H14Cl2N2O2/c1-24-17(23)9-12-10-21-18(13-4-2-3-5-15(13)20)14-8-11(19)6-7-16(14)22-12/h2-8H,9-10H2,1H3. The topological polar surface area (TPSA) is 51.0 Å². The van der Waals surface area contributed by atoms with Gasteiger partial charge in [0.1, 0.15) is 0 Å². The van der Waals surface area contributed by atoms with Crippen LogP contribution < -0.4 is 0 Å². The Morgan fingerprint density at radius 1 is 1.17 bits per heavy atom. The number of methoxy groups -OCH3 is 1. The highest BCUT2D eigenvalue weighted by molar-refractivity contribution is 6.36. The summed E-state index contributed by atoms with van der Waals surface area (Å²) in [6.07, 6.45) is 0.0951. The summed E-state index contributed by atoms with van der Waals surface area (Å²) in [7, 11) is 1.35. The molecule has 122 valence electrons. The molecule has 0 amide bonds. The summed E-state index contributed by atoms with van der Waals surface area (Å²) in [6.45, 7) is 0.294. The second kappa shape index (κ2) is 7.16. The summed E-state index contributed by atoms with van der Waals surface area (Å²) in [5, 5.41) is 1.18. The number of nitrogens with zero attached hydrogens (tertiary/aromatic N) is 2. The lowest BCUT2D eigenvalue weighted by Gasteiger charge is -2.10. The van der Waals surface area contributed by atoms with Gasteiger partial charge in [0, 0.05) is 21.2 Å². The highest BCUT2D eigenvalue weighted by Gasteiger charge is 2.19. The molecule has 0 aromatic heterocycles. The van der Waals surface area contributed by atoms with Crippen LogP contribution in [0.3, 0.4) is 0 Å². The van der Waals surface area contributed by atoms with Gasteiger partial charge in [-0.25, -0.2) is 0 Å². The minimum atomic E-state index is -0.347. The van der Waals surface area contributed by atoms with E-state index in [1.54, 1.807) is 6.07 Å². The molecule has 0 aliphatic carbocycles. The van der Waals surface area contributed by atoms with Crippen LogP contribution in [0.25, 0.3) is 0 Å². The summed E-state index contributed by atoms with van der Waals surface area (Å²) in [6, 6.07) is 12.9. The van der Waals surface area contributed by atoms with E-state index in [1.165, 1.54) is 7.11 Å². The zero-order valence-electron chi connectivity index (χ0n) is 12.9. The fourth-order valence-electron chi connectivity index (χ4n) is 2.47. The van der Waals surface area contributed by atoms with Gasteiger partial charge in [0.25, 0.3) is 0 Å². The third kappa shape index (κ3) is 3.50. The van der Waals surface area contributed by atoms with E-state index in [4.69, 9.17) is 27.9 Å². The first kappa shape index (κ1) is 16.7. The van der Waals surface area contributed by atoms with Crippen LogP contribution in [0.4, 0.5) is 5.69 Å². The molecule has 0 N–H and O–H groups in total. The Bertz CT molecular complexity index is 860. The predicted molar refractivity (Wildman–Crippen MR) is 97.1 cm³/mol. The van der Waals surface area contributed by atoms with Crippen LogP contribution in [-0.4, -0.2) is 31.0 Å². The molecule has 0 fully saturated rings. The van der Waals surface area contributed by atoms with Gasteiger partial charge in [-0.15, -0.1) is 0 Å². The lowest BCUT2D eigenvalue weighted by Crippen LogP contribution is -2.12. The minimum absolute atomic E-state index is 0.0951. The summed E-state index contributed by atoms with van der Waals surface area (Å²) in [4.78, 5) is 20.8. The molecule has 0 bridgehead atoms. The Balaban J connectivity index is 2.12. The van der Waals surface area contributed by atoms with Gasteiger partial charge in [0.15, 0.2) is 0 Å². The number of ether oxygens (including phenoxy) is 1. The number of fused-ring (bicyclic) bond motifs is 1. The van der Waals surface area contributed by atoms with Crippen molar-refractivity contribution < 1.29 is 9.53 Å². The van der Waals surface area contributed by atoms with E-state index < -0.39 is 0 Å². The van der Waals surface area contributed by atoms with Crippen LogP contribution in [0.2, 0.25) is 10.0 Å². The van der Waals surface area contributed by atoms with Gasteiger partial charge in [0.05, 0.1) is 37.2 Å². The molecule has 2 aromatic carbocycles. The third-order valence-corrected chi connectivity index (χ3v) is 4.18. The first-order chi connectivity index (χ1) is 11.6. The number of carbonyl (C=O) groups is 1.